The van der Waals surface area contributed by atoms with E-state index in [2.05, 4.69) is 15.7 Å². The molecular weight excluding hydrogens is 480 g/mol. The van der Waals surface area contributed by atoms with Gasteiger partial charge in [0.25, 0.3) is 0 Å². The molecule has 4 rings (SSSR count). The van der Waals surface area contributed by atoms with Crippen LogP contribution in [0.4, 0.5) is 11.4 Å². The van der Waals surface area contributed by atoms with Crippen LogP contribution in [-0.4, -0.2) is 38.1 Å². The van der Waals surface area contributed by atoms with E-state index in [1.807, 2.05) is 71.0 Å². The number of ketones is 1. The average molecular weight is 517 g/mol. The summed E-state index contributed by atoms with van der Waals surface area (Å²) >= 11 is 0. The number of carbonyl (C=O) groups excluding carboxylic acids is 3. The molecule has 0 unspecified atom stereocenters. The molecule has 0 aliphatic heterocycles. The predicted octanol–water partition coefficient (Wildman–Crippen LogP) is 4.45. The van der Waals surface area contributed by atoms with Crippen molar-refractivity contribution in [1.82, 2.24) is 9.78 Å². The summed E-state index contributed by atoms with van der Waals surface area (Å²) in [5.41, 5.74) is 3.29. The highest BCUT2D eigenvalue weighted by Gasteiger charge is 2.57. The lowest BCUT2D eigenvalue weighted by atomic mass is 9.60. The van der Waals surface area contributed by atoms with Gasteiger partial charge >= 0.3 is 0 Å². The maximum absolute atomic E-state index is 14.0. The molecule has 2 aromatic carbocycles. The maximum atomic E-state index is 14.0. The monoisotopic (exact) mass is 516 g/mol. The molecule has 4 atom stereocenters. The van der Waals surface area contributed by atoms with Crippen molar-refractivity contribution in [2.45, 2.75) is 66.0 Å². The summed E-state index contributed by atoms with van der Waals surface area (Å²) in [7, 11) is 0. The third-order valence-electron chi connectivity index (χ3n) is 7.71. The minimum absolute atomic E-state index is 0.318. The quantitative estimate of drug-likeness (QED) is 0.419. The van der Waals surface area contributed by atoms with Crippen LogP contribution in [0.2, 0.25) is 0 Å². The minimum atomic E-state index is -1.68. The van der Waals surface area contributed by atoms with Crippen LogP contribution in [0.25, 0.3) is 0 Å². The van der Waals surface area contributed by atoms with Crippen molar-refractivity contribution in [3.63, 3.8) is 0 Å². The van der Waals surface area contributed by atoms with Gasteiger partial charge in [0.1, 0.15) is 11.7 Å². The number of nitrogens with one attached hydrogen (secondary N) is 2. The molecule has 0 radical (unpaired) electrons. The van der Waals surface area contributed by atoms with Gasteiger partial charge in [-0.2, -0.15) is 5.10 Å². The van der Waals surface area contributed by atoms with E-state index in [9.17, 15) is 19.5 Å². The molecule has 3 N–H and O–H groups in total. The highest BCUT2D eigenvalue weighted by Crippen LogP contribution is 2.48. The van der Waals surface area contributed by atoms with Gasteiger partial charge in [0.05, 0.1) is 17.2 Å². The SMILES string of the molecule is CCn1nc(C)c([C@@H]2[C@H](C(=O)Nc3ccccc3C)C(=O)C[C@@](C)(O)[C@@H]2C(=O)Nc2ccccc2C)c1C. The van der Waals surface area contributed by atoms with E-state index in [0.29, 0.717) is 29.2 Å². The van der Waals surface area contributed by atoms with E-state index in [1.54, 1.807) is 16.8 Å². The summed E-state index contributed by atoms with van der Waals surface area (Å²) < 4.78 is 1.80. The summed E-state index contributed by atoms with van der Waals surface area (Å²) in [6.45, 7) is 11.5. The lowest BCUT2D eigenvalue weighted by Crippen LogP contribution is -2.56. The Kier molecular flexibility index (Phi) is 7.56. The maximum Gasteiger partial charge on any atom is 0.235 e. The first kappa shape index (κ1) is 27.3. The second kappa shape index (κ2) is 10.5. The lowest BCUT2D eigenvalue weighted by Gasteiger charge is -2.44. The molecule has 3 aromatic rings. The molecule has 1 saturated carbocycles. The van der Waals surface area contributed by atoms with Gasteiger partial charge in [-0.1, -0.05) is 36.4 Å². The Balaban J connectivity index is 1.85. The number of amides is 2. The molecule has 8 heteroatoms. The van der Waals surface area contributed by atoms with Gasteiger partial charge in [0, 0.05) is 41.5 Å². The summed E-state index contributed by atoms with van der Waals surface area (Å²) in [6.07, 6.45) is -0.318. The third-order valence-corrected chi connectivity index (χ3v) is 7.71. The molecule has 0 saturated heterocycles. The van der Waals surface area contributed by atoms with Crippen molar-refractivity contribution in [3.05, 3.63) is 76.6 Å². The van der Waals surface area contributed by atoms with Crippen LogP contribution in [0.1, 0.15) is 54.3 Å². The molecule has 8 nitrogen and oxygen atoms in total. The first-order valence-electron chi connectivity index (χ1n) is 13.0. The van der Waals surface area contributed by atoms with Crippen molar-refractivity contribution in [2.24, 2.45) is 11.8 Å². The molecule has 38 heavy (non-hydrogen) atoms. The van der Waals surface area contributed by atoms with Crippen molar-refractivity contribution in [3.8, 4) is 0 Å². The van der Waals surface area contributed by atoms with E-state index in [0.717, 1.165) is 16.8 Å². The fraction of sp³-hybridized carbons (Fsp3) is 0.400. The Hall–Kier alpha value is -3.78. The zero-order valence-corrected chi connectivity index (χ0v) is 22.8. The second-order valence-corrected chi connectivity index (χ2v) is 10.5. The number of carbonyl (C=O) groups is 3. The van der Waals surface area contributed by atoms with Gasteiger partial charge in [0.2, 0.25) is 11.8 Å². The van der Waals surface area contributed by atoms with E-state index < -0.39 is 41.0 Å². The topological polar surface area (TPSA) is 113 Å². The number of aromatic nitrogens is 2. The van der Waals surface area contributed by atoms with Crippen LogP contribution in [0.5, 0.6) is 0 Å². The standard InChI is InChI=1S/C30H36N4O4/c1-7-34-20(5)24(19(4)33-34)26-25(28(36)31-21-14-10-8-12-17(21)2)23(35)16-30(6,38)27(26)29(37)32-22-15-11-9-13-18(22)3/h8-15,25-27,38H,7,16H2,1-6H3,(H,31,36)(H,32,37)/t25-,26-,27+,30-/m1/s1. The molecule has 1 aliphatic rings. The molecule has 200 valence electrons. The van der Waals surface area contributed by atoms with Crippen molar-refractivity contribution in [1.29, 1.82) is 0 Å². The molecule has 0 spiro atoms. The van der Waals surface area contributed by atoms with Gasteiger partial charge in [-0.3, -0.25) is 19.1 Å². The highest BCUT2D eigenvalue weighted by atomic mass is 16.3. The van der Waals surface area contributed by atoms with Crippen LogP contribution in [0.15, 0.2) is 48.5 Å². The molecule has 0 bridgehead atoms. The second-order valence-electron chi connectivity index (χ2n) is 10.5. The summed E-state index contributed by atoms with van der Waals surface area (Å²) in [6, 6.07) is 14.7. The third kappa shape index (κ3) is 5.00. The first-order chi connectivity index (χ1) is 18.0. The van der Waals surface area contributed by atoms with Gasteiger partial charge in [0.15, 0.2) is 0 Å². The van der Waals surface area contributed by atoms with Crippen LogP contribution in [0.3, 0.4) is 0 Å². The van der Waals surface area contributed by atoms with Crippen LogP contribution in [-0.2, 0) is 20.9 Å². The van der Waals surface area contributed by atoms with Crippen molar-refractivity contribution >= 4 is 29.0 Å². The van der Waals surface area contributed by atoms with E-state index in [4.69, 9.17) is 0 Å². The number of hydrogen-bond acceptors (Lipinski definition) is 5. The van der Waals surface area contributed by atoms with Gasteiger partial charge in [-0.25, -0.2) is 0 Å². The molecule has 1 aliphatic carbocycles. The zero-order chi connectivity index (χ0) is 27.8. The number of aliphatic hydroxyl groups is 1. The summed E-state index contributed by atoms with van der Waals surface area (Å²) in [5, 5.41) is 22.1. The zero-order valence-electron chi connectivity index (χ0n) is 22.8. The number of benzene rings is 2. The number of Topliss-reactive ketones (excluding diaryl/α,β-unsaturated/α-hetero) is 1. The normalized spacial score (nSPS) is 23.2. The Morgan fingerprint density at radius 1 is 0.974 bits per heavy atom. The highest BCUT2D eigenvalue weighted by molar-refractivity contribution is 6.10. The number of para-hydroxylation sites is 2. The van der Waals surface area contributed by atoms with Gasteiger partial charge < -0.3 is 15.7 Å². The molecular formula is C30H36N4O4. The molecule has 1 heterocycles. The number of aryl methyl sites for hydroxylation is 4. The fourth-order valence-electron chi connectivity index (χ4n) is 5.79. The predicted molar refractivity (Wildman–Crippen MR) is 147 cm³/mol. The number of nitrogens with zero attached hydrogens (tertiary/aromatic N) is 2. The van der Waals surface area contributed by atoms with Gasteiger partial charge in [-0.05, 0) is 64.8 Å². The Labute approximate surface area is 223 Å². The number of hydrogen-bond donors (Lipinski definition) is 3. The van der Waals surface area contributed by atoms with Crippen molar-refractivity contribution in [2.75, 3.05) is 10.6 Å². The Bertz CT molecular complexity index is 1390. The van der Waals surface area contributed by atoms with E-state index in [-0.39, 0.29) is 6.42 Å². The summed E-state index contributed by atoms with van der Waals surface area (Å²) in [5.74, 6) is -4.54. The Morgan fingerprint density at radius 3 is 2.00 bits per heavy atom. The fourth-order valence-corrected chi connectivity index (χ4v) is 5.79. The molecule has 2 amide bonds. The largest absolute Gasteiger partial charge is 0.389 e. The van der Waals surface area contributed by atoms with Crippen LogP contribution >= 0.6 is 0 Å². The van der Waals surface area contributed by atoms with Gasteiger partial charge in [-0.15, -0.1) is 0 Å². The number of anilines is 2. The van der Waals surface area contributed by atoms with E-state index >= 15 is 0 Å². The lowest BCUT2D eigenvalue weighted by molar-refractivity contribution is -0.150. The average Bonchev–Trinajstić information content (AvgIpc) is 3.13. The minimum Gasteiger partial charge on any atom is -0.389 e. The number of rotatable bonds is 6. The Morgan fingerprint density at radius 2 is 1.50 bits per heavy atom. The van der Waals surface area contributed by atoms with Crippen LogP contribution in [0, 0.1) is 39.5 Å². The summed E-state index contributed by atoms with van der Waals surface area (Å²) in [4.78, 5) is 41.4. The molecule has 1 aromatic heterocycles. The molecule has 1 fully saturated rings. The first-order valence-corrected chi connectivity index (χ1v) is 13.0. The van der Waals surface area contributed by atoms with Crippen LogP contribution < -0.4 is 10.6 Å². The van der Waals surface area contributed by atoms with E-state index in [1.165, 1.54) is 6.92 Å². The smallest absolute Gasteiger partial charge is 0.235 e. The van der Waals surface area contributed by atoms with Crippen molar-refractivity contribution < 1.29 is 19.5 Å².